The lowest BCUT2D eigenvalue weighted by Gasteiger charge is -2.11. The number of rotatable bonds is 2. The standard InChI is InChI=1S/C8H8BrCl2N/c1-5(2-9)8-6(10)3-12-4-7(8)11/h3-5H,2H2,1H3. The molecule has 0 aliphatic heterocycles. The maximum absolute atomic E-state index is 5.94. The molecule has 0 aliphatic carbocycles. The second-order valence-corrected chi connectivity index (χ2v) is 4.03. The Morgan fingerprint density at radius 1 is 1.42 bits per heavy atom. The lowest BCUT2D eigenvalue weighted by Crippen LogP contribution is -1.97. The van der Waals surface area contributed by atoms with E-state index in [4.69, 9.17) is 23.2 Å². The number of hydrogen-bond donors (Lipinski definition) is 0. The first kappa shape index (κ1) is 10.3. The Labute approximate surface area is 90.2 Å². The number of hydrogen-bond acceptors (Lipinski definition) is 1. The molecule has 0 aromatic carbocycles. The van der Waals surface area contributed by atoms with Crippen LogP contribution in [0.15, 0.2) is 12.4 Å². The second-order valence-electron chi connectivity index (χ2n) is 2.57. The van der Waals surface area contributed by atoms with Crippen LogP contribution in [0.2, 0.25) is 10.0 Å². The summed E-state index contributed by atoms with van der Waals surface area (Å²) in [4.78, 5) is 3.88. The van der Waals surface area contributed by atoms with Crippen LogP contribution in [0.4, 0.5) is 0 Å². The minimum absolute atomic E-state index is 0.313. The highest BCUT2D eigenvalue weighted by atomic mass is 79.9. The molecule has 0 aliphatic rings. The molecule has 0 amide bonds. The number of aromatic nitrogens is 1. The van der Waals surface area contributed by atoms with Gasteiger partial charge in [-0.2, -0.15) is 0 Å². The van der Waals surface area contributed by atoms with Crippen LogP contribution in [0.5, 0.6) is 0 Å². The summed E-state index contributed by atoms with van der Waals surface area (Å²) in [6, 6.07) is 0. The van der Waals surface area contributed by atoms with Gasteiger partial charge in [0.05, 0.1) is 10.0 Å². The lowest BCUT2D eigenvalue weighted by molar-refractivity contribution is 0.884. The smallest absolute Gasteiger partial charge is 0.0639 e. The zero-order valence-electron chi connectivity index (χ0n) is 6.52. The van der Waals surface area contributed by atoms with E-state index in [2.05, 4.69) is 27.8 Å². The van der Waals surface area contributed by atoms with Crippen LogP contribution in [-0.4, -0.2) is 10.3 Å². The quantitative estimate of drug-likeness (QED) is 0.742. The van der Waals surface area contributed by atoms with Gasteiger partial charge in [-0.25, -0.2) is 0 Å². The van der Waals surface area contributed by atoms with Crippen molar-refractivity contribution in [1.29, 1.82) is 0 Å². The first-order valence-electron chi connectivity index (χ1n) is 3.51. The summed E-state index contributed by atoms with van der Waals surface area (Å²) < 4.78 is 0. The van der Waals surface area contributed by atoms with Gasteiger partial charge in [0.15, 0.2) is 0 Å². The van der Waals surface area contributed by atoms with Crippen molar-refractivity contribution in [3.05, 3.63) is 28.0 Å². The lowest BCUT2D eigenvalue weighted by atomic mass is 10.1. The summed E-state index contributed by atoms with van der Waals surface area (Å²) in [6.07, 6.45) is 3.23. The topological polar surface area (TPSA) is 12.9 Å². The zero-order chi connectivity index (χ0) is 9.14. The average molecular weight is 269 g/mol. The summed E-state index contributed by atoms with van der Waals surface area (Å²) >= 11 is 15.3. The molecule has 1 nitrogen and oxygen atoms in total. The van der Waals surface area contributed by atoms with Crippen LogP contribution >= 0.6 is 39.1 Å². The molecule has 1 atom stereocenters. The molecule has 0 fully saturated rings. The molecule has 1 heterocycles. The normalized spacial score (nSPS) is 13.0. The highest BCUT2D eigenvalue weighted by Crippen LogP contribution is 2.31. The highest BCUT2D eigenvalue weighted by Gasteiger charge is 2.12. The first-order chi connectivity index (χ1) is 5.66. The van der Waals surface area contributed by atoms with E-state index in [0.29, 0.717) is 16.0 Å². The van der Waals surface area contributed by atoms with Crippen LogP contribution < -0.4 is 0 Å². The Morgan fingerprint density at radius 2 is 1.92 bits per heavy atom. The molecule has 0 bridgehead atoms. The number of halogens is 3. The van der Waals surface area contributed by atoms with E-state index in [1.807, 2.05) is 0 Å². The molecular formula is C8H8BrCl2N. The number of pyridine rings is 1. The van der Waals surface area contributed by atoms with Crippen molar-refractivity contribution < 1.29 is 0 Å². The molecule has 12 heavy (non-hydrogen) atoms. The van der Waals surface area contributed by atoms with E-state index in [9.17, 15) is 0 Å². The summed E-state index contributed by atoms with van der Waals surface area (Å²) in [7, 11) is 0. The molecule has 1 rings (SSSR count). The third kappa shape index (κ3) is 2.12. The highest BCUT2D eigenvalue weighted by molar-refractivity contribution is 9.09. The maximum Gasteiger partial charge on any atom is 0.0639 e. The van der Waals surface area contributed by atoms with E-state index >= 15 is 0 Å². The van der Waals surface area contributed by atoms with Gasteiger partial charge in [0.25, 0.3) is 0 Å². The van der Waals surface area contributed by atoms with Crippen LogP contribution in [0.3, 0.4) is 0 Å². The second kappa shape index (κ2) is 4.45. The van der Waals surface area contributed by atoms with Gasteiger partial charge >= 0.3 is 0 Å². The van der Waals surface area contributed by atoms with Crippen molar-refractivity contribution in [1.82, 2.24) is 4.98 Å². The van der Waals surface area contributed by atoms with Crippen LogP contribution in [0.25, 0.3) is 0 Å². The molecule has 1 aromatic heterocycles. The van der Waals surface area contributed by atoms with E-state index in [1.165, 1.54) is 0 Å². The minimum atomic E-state index is 0.313. The largest absolute Gasteiger partial charge is 0.262 e. The predicted molar refractivity (Wildman–Crippen MR) is 56.5 cm³/mol. The maximum atomic E-state index is 5.94. The summed E-state index contributed by atoms with van der Waals surface area (Å²) in [5.41, 5.74) is 0.963. The van der Waals surface area contributed by atoms with E-state index < -0.39 is 0 Å². The van der Waals surface area contributed by atoms with Gasteiger partial charge < -0.3 is 0 Å². The van der Waals surface area contributed by atoms with Crippen molar-refractivity contribution in [3.63, 3.8) is 0 Å². The van der Waals surface area contributed by atoms with Gasteiger partial charge in [-0.3, -0.25) is 4.98 Å². The molecule has 4 heteroatoms. The SMILES string of the molecule is CC(CBr)c1c(Cl)cncc1Cl. The van der Waals surface area contributed by atoms with Gasteiger partial charge in [-0.1, -0.05) is 46.1 Å². The summed E-state index contributed by atoms with van der Waals surface area (Å²) in [6.45, 7) is 2.06. The van der Waals surface area contributed by atoms with Crippen LogP contribution in [0.1, 0.15) is 18.4 Å². The fraction of sp³-hybridized carbons (Fsp3) is 0.375. The van der Waals surface area contributed by atoms with Gasteiger partial charge in [0.1, 0.15) is 0 Å². The summed E-state index contributed by atoms with van der Waals surface area (Å²) in [5, 5.41) is 2.11. The minimum Gasteiger partial charge on any atom is -0.262 e. The van der Waals surface area contributed by atoms with Crippen molar-refractivity contribution >= 4 is 39.1 Å². The van der Waals surface area contributed by atoms with Gasteiger partial charge in [0.2, 0.25) is 0 Å². The van der Waals surface area contributed by atoms with Crippen molar-refractivity contribution in [2.45, 2.75) is 12.8 Å². The Morgan fingerprint density at radius 3 is 2.33 bits per heavy atom. The first-order valence-corrected chi connectivity index (χ1v) is 5.39. The Hall–Kier alpha value is 0.210. The molecule has 0 N–H and O–H groups in total. The fourth-order valence-corrected chi connectivity index (χ4v) is 2.03. The zero-order valence-corrected chi connectivity index (χ0v) is 9.62. The van der Waals surface area contributed by atoms with E-state index in [1.54, 1.807) is 12.4 Å². The van der Waals surface area contributed by atoms with Gasteiger partial charge in [-0.05, 0) is 11.5 Å². The number of alkyl halides is 1. The molecule has 1 aromatic rings. The molecule has 1 unspecified atom stereocenters. The number of nitrogens with zero attached hydrogens (tertiary/aromatic N) is 1. The molecule has 0 saturated heterocycles. The van der Waals surface area contributed by atoms with Crippen molar-refractivity contribution in [2.75, 3.05) is 5.33 Å². The van der Waals surface area contributed by atoms with E-state index in [-0.39, 0.29) is 0 Å². The Kier molecular flexibility index (Phi) is 3.81. The van der Waals surface area contributed by atoms with Gasteiger partial charge in [0, 0.05) is 17.7 Å². The van der Waals surface area contributed by atoms with E-state index in [0.717, 1.165) is 10.9 Å². The van der Waals surface area contributed by atoms with Gasteiger partial charge in [-0.15, -0.1) is 0 Å². The average Bonchev–Trinajstić information content (AvgIpc) is 2.03. The molecule has 66 valence electrons. The molecule has 0 saturated carbocycles. The van der Waals surface area contributed by atoms with Crippen molar-refractivity contribution in [3.8, 4) is 0 Å². The van der Waals surface area contributed by atoms with Crippen molar-refractivity contribution in [2.24, 2.45) is 0 Å². The third-order valence-electron chi connectivity index (χ3n) is 1.61. The molecule has 0 spiro atoms. The van der Waals surface area contributed by atoms with Crippen LogP contribution in [0, 0.1) is 0 Å². The molecule has 0 radical (unpaired) electrons. The third-order valence-corrected chi connectivity index (χ3v) is 3.19. The Balaban J connectivity index is 3.12. The predicted octanol–water partition coefficient (Wildman–Crippen LogP) is 3.89. The van der Waals surface area contributed by atoms with Crippen LogP contribution in [-0.2, 0) is 0 Å². The Bertz CT molecular complexity index is 258. The molecular weight excluding hydrogens is 261 g/mol. The summed E-state index contributed by atoms with van der Waals surface area (Å²) in [5.74, 6) is 0.313. The fourth-order valence-electron chi connectivity index (χ4n) is 0.969. The monoisotopic (exact) mass is 267 g/mol.